The summed E-state index contributed by atoms with van der Waals surface area (Å²) in [5.74, 6) is 1.63. The molecule has 1 saturated heterocycles. The number of piperazine rings is 1. The lowest BCUT2D eigenvalue weighted by Gasteiger charge is -2.35. The molecule has 1 aliphatic heterocycles. The maximum absolute atomic E-state index is 12.3. The van der Waals surface area contributed by atoms with Crippen LogP contribution in [0.4, 0.5) is 5.69 Å². The van der Waals surface area contributed by atoms with E-state index in [2.05, 4.69) is 10.2 Å². The number of rotatable bonds is 6. The Hall–Kier alpha value is -2.86. The highest BCUT2D eigenvalue weighted by molar-refractivity contribution is 5.92. The molecule has 2 aromatic rings. The van der Waals surface area contributed by atoms with E-state index in [0.717, 1.165) is 30.3 Å². The minimum absolute atomic E-state index is 0.0173. The van der Waals surface area contributed by atoms with Crippen LogP contribution in [0.25, 0.3) is 0 Å². The summed E-state index contributed by atoms with van der Waals surface area (Å²) < 4.78 is 5.75. The van der Waals surface area contributed by atoms with E-state index in [1.54, 1.807) is 0 Å². The molecule has 0 bridgehead atoms. The zero-order valence-corrected chi connectivity index (χ0v) is 16.4. The molecular formula is C22H27N3O3. The highest BCUT2D eigenvalue weighted by atomic mass is 16.5. The Bertz CT molecular complexity index is 782. The standard InChI is InChI=1S/C22H27N3O3/c1-17(2)22(27)25-14-12-24(13-15-25)16-21(26)23-18-8-10-20(11-9-18)28-19-6-4-3-5-7-19/h3-11,17H,12-16H2,1-2H3,(H,23,26). The van der Waals surface area contributed by atoms with E-state index in [9.17, 15) is 9.59 Å². The molecule has 3 rings (SSSR count). The number of para-hydroxylation sites is 1. The van der Waals surface area contributed by atoms with Gasteiger partial charge in [0.1, 0.15) is 11.5 Å². The van der Waals surface area contributed by atoms with Crippen molar-refractivity contribution >= 4 is 17.5 Å². The number of ether oxygens (including phenoxy) is 1. The second kappa shape index (κ2) is 9.37. The maximum Gasteiger partial charge on any atom is 0.238 e. The van der Waals surface area contributed by atoms with E-state index in [-0.39, 0.29) is 17.7 Å². The van der Waals surface area contributed by atoms with Crippen molar-refractivity contribution in [2.24, 2.45) is 5.92 Å². The van der Waals surface area contributed by atoms with E-state index < -0.39 is 0 Å². The molecule has 2 aromatic carbocycles. The largest absolute Gasteiger partial charge is 0.457 e. The van der Waals surface area contributed by atoms with Gasteiger partial charge in [-0.3, -0.25) is 14.5 Å². The van der Waals surface area contributed by atoms with Crippen LogP contribution in [0.1, 0.15) is 13.8 Å². The summed E-state index contributed by atoms with van der Waals surface area (Å²) in [6, 6.07) is 16.9. The topological polar surface area (TPSA) is 61.9 Å². The first-order valence-electron chi connectivity index (χ1n) is 9.65. The molecule has 0 radical (unpaired) electrons. The summed E-state index contributed by atoms with van der Waals surface area (Å²) in [6.07, 6.45) is 0. The van der Waals surface area contributed by atoms with Crippen LogP contribution in [0, 0.1) is 5.92 Å². The molecule has 1 N–H and O–H groups in total. The number of carbonyl (C=O) groups is 2. The number of nitrogens with one attached hydrogen (secondary N) is 1. The fourth-order valence-electron chi connectivity index (χ4n) is 3.13. The van der Waals surface area contributed by atoms with Gasteiger partial charge in [-0.05, 0) is 36.4 Å². The smallest absolute Gasteiger partial charge is 0.238 e. The van der Waals surface area contributed by atoms with Gasteiger partial charge in [0.05, 0.1) is 6.54 Å². The van der Waals surface area contributed by atoms with Gasteiger partial charge in [-0.25, -0.2) is 0 Å². The van der Waals surface area contributed by atoms with Crippen molar-refractivity contribution in [3.63, 3.8) is 0 Å². The molecule has 1 fully saturated rings. The van der Waals surface area contributed by atoms with Crippen LogP contribution in [0.2, 0.25) is 0 Å². The Morgan fingerprint density at radius 2 is 1.54 bits per heavy atom. The van der Waals surface area contributed by atoms with E-state index in [1.165, 1.54) is 0 Å². The van der Waals surface area contributed by atoms with Crippen molar-refractivity contribution in [1.29, 1.82) is 0 Å². The summed E-state index contributed by atoms with van der Waals surface area (Å²) in [4.78, 5) is 28.3. The van der Waals surface area contributed by atoms with Gasteiger partial charge in [0.15, 0.2) is 0 Å². The van der Waals surface area contributed by atoms with Gasteiger partial charge in [0.2, 0.25) is 11.8 Å². The van der Waals surface area contributed by atoms with Crippen molar-refractivity contribution in [2.45, 2.75) is 13.8 Å². The van der Waals surface area contributed by atoms with E-state index in [0.29, 0.717) is 19.6 Å². The highest BCUT2D eigenvalue weighted by Crippen LogP contribution is 2.22. The fraction of sp³-hybridized carbons (Fsp3) is 0.364. The Balaban J connectivity index is 1.44. The zero-order chi connectivity index (χ0) is 19.9. The molecule has 28 heavy (non-hydrogen) atoms. The van der Waals surface area contributed by atoms with Crippen LogP contribution in [-0.2, 0) is 9.59 Å². The van der Waals surface area contributed by atoms with Crippen molar-refractivity contribution in [1.82, 2.24) is 9.80 Å². The maximum atomic E-state index is 12.3. The highest BCUT2D eigenvalue weighted by Gasteiger charge is 2.23. The first kappa shape index (κ1) is 19.9. The number of hydrogen-bond acceptors (Lipinski definition) is 4. The summed E-state index contributed by atoms with van der Waals surface area (Å²) >= 11 is 0. The molecule has 6 heteroatoms. The molecule has 6 nitrogen and oxygen atoms in total. The number of carbonyl (C=O) groups excluding carboxylic acids is 2. The van der Waals surface area contributed by atoms with Crippen LogP contribution in [0.5, 0.6) is 11.5 Å². The van der Waals surface area contributed by atoms with Gasteiger partial charge in [-0.2, -0.15) is 0 Å². The second-order valence-electron chi connectivity index (χ2n) is 7.24. The minimum atomic E-state index is -0.0552. The number of benzene rings is 2. The first-order chi connectivity index (χ1) is 13.5. The van der Waals surface area contributed by atoms with Gasteiger partial charge in [-0.1, -0.05) is 32.0 Å². The molecule has 0 atom stereocenters. The molecule has 0 aliphatic carbocycles. The predicted molar refractivity (Wildman–Crippen MR) is 109 cm³/mol. The van der Waals surface area contributed by atoms with E-state index >= 15 is 0 Å². The number of nitrogens with zero attached hydrogens (tertiary/aromatic N) is 2. The van der Waals surface area contributed by atoms with Gasteiger partial charge in [-0.15, -0.1) is 0 Å². The number of hydrogen-bond donors (Lipinski definition) is 1. The quantitative estimate of drug-likeness (QED) is 0.835. The van der Waals surface area contributed by atoms with Crippen LogP contribution in [0.15, 0.2) is 54.6 Å². The number of amides is 2. The SMILES string of the molecule is CC(C)C(=O)N1CCN(CC(=O)Nc2ccc(Oc3ccccc3)cc2)CC1. The zero-order valence-electron chi connectivity index (χ0n) is 16.4. The molecular weight excluding hydrogens is 354 g/mol. The molecule has 1 heterocycles. The molecule has 0 saturated carbocycles. The Kier molecular flexibility index (Phi) is 6.66. The monoisotopic (exact) mass is 381 g/mol. The third-order valence-electron chi connectivity index (χ3n) is 4.66. The summed E-state index contributed by atoms with van der Waals surface area (Å²) in [5, 5.41) is 2.92. The molecule has 148 valence electrons. The van der Waals surface area contributed by atoms with E-state index in [1.807, 2.05) is 73.3 Å². The minimum Gasteiger partial charge on any atom is -0.457 e. The number of anilines is 1. The van der Waals surface area contributed by atoms with Crippen molar-refractivity contribution < 1.29 is 14.3 Å². The van der Waals surface area contributed by atoms with Gasteiger partial charge in [0.25, 0.3) is 0 Å². The Labute approximate surface area is 166 Å². The summed E-state index contributed by atoms with van der Waals surface area (Å²) in [5.41, 5.74) is 0.735. The Morgan fingerprint density at radius 1 is 0.929 bits per heavy atom. The lowest BCUT2D eigenvalue weighted by molar-refractivity contribution is -0.136. The third-order valence-corrected chi connectivity index (χ3v) is 4.66. The van der Waals surface area contributed by atoms with Gasteiger partial charge < -0.3 is 15.0 Å². The summed E-state index contributed by atoms with van der Waals surface area (Å²) in [6.45, 7) is 6.94. The van der Waals surface area contributed by atoms with Crippen molar-refractivity contribution in [3.8, 4) is 11.5 Å². The van der Waals surface area contributed by atoms with Crippen molar-refractivity contribution in [3.05, 3.63) is 54.6 Å². The molecule has 1 aliphatic rings. The van der Waals surface area contributed by atoms with Crippen molar-refractivity contribution in [2.75, 3.05) is 38.0 Å². The van der Waals surface area contributed by atoms with Gasteiger partial charge in [0, 0.05) is 37.8 Å². The predicted octanol–water partition coefficient (Wildman–Crippen LogP) is 3.22. The lowest BCUT2D eigenvalue weighted by Crippen LogP contribution is -2.51. The third kappa shape index (κ3) is 5.57. The second-order valence-corrected chi connectivity index (χ2v) is 7.24. The van der Waals surface area contributed by atoms with E-state index in [4.69, 9.17) is 4.74 Å². The molecule has 0 spiro atoms. The van der Waals surface area contributed by atoms with Crippen LogP contribution < -0.4 is 10.1 Å². The average Bonchev–Trinajstić information content (AvgIpc) is 2.70. The van der Waals surface area contributed by atoms with Crippen LogP contribution in [-0.4, -0.2) is 54.3 Å². The molecule has 2 amide bonds. The fourth-order valence-corrected chi connectivity index (χ4v) is 3.13. The van der Waals surface area contributed by atoms with Crippen LogP contribution in [0.3, 0.4) is 0 Å². The molecule has 0 aromatic heterocycles. The molecule has 0 unspecified atom stereocenters. The Morgan fingerprint density at radius 3 is 2.14 bits per heavy atom. The lowest BCUT2D eigenvalue weighted by atomic mass is 10.1. The van der Waals surface area contributed by atoms with Gasteiger partial charge >= 0.3 is 0 Å². The normalized spacial score (nSPS) is 14.8. The summed E-state index contributed by atoms with van der Waals surface area (Å²) in [7, 11) is 0. The van der Waals surface area contributed by atoms with Crippen LogP contribution >= 0.6 is 0 Å². The average molecular weight is 381 g/mol. The first-order valence-corrected chi connectivity index (χ1v) is 9.65.